The molecular formula is C22H26Cl2N4O2. The van der Waals surface area contributed by atoms with E-state index in [1.807, 2.05) is 0 Å². The van der Waals surface area contributed by atoms with Gasteiger partial charge in [0.25, 0.3) is 0 Å². The molecule has 30 heavy (non-hydrogen) atoms. The summed E-state index contributed by atoms with van der Waals surface area (Å²) in [4.78, 5) is 24.2. The summed E-state index contributed by atoms with van der Waals surface area (Å²) in [5, 5.41) is 12.8. The molecule has 2 atom stereocenters. The number of benzene rings is 2. The van der Waals surface area contributed by atoms with Crippen molar-refractivity contribution in [3.05, 3.63) is 58.6 Å². The summed E-state index contributed by atoms with van der Waals surface area (Å²) in [5.41, 5.74) is 1.41. The molecular weight excluding hydrogens is 423 g/mol. The molecule has 0 spiro atoms. The summed E-state index contributed by atoms with van der Waals surface area (Å²) < 4.78 is 0. The van der Waals surface area contributed by atoms with Gasteiger partial charge in [-0.05, 0) is 79.6 Å². The van der Waals surface area contributed by atoms with Crippen LogP contribution in [0.1, 0.15) is 25.7 Å². The minimum Gasteiger partial charge on any atom is -0.338 e. The molecule has 0 unspecified atom stereocenters. The number of halogens is 2. The molecule has 4 amide bonds. The first-order chi connectivity index (χ1) is 14.5. The van der Waals surface area contributed by atoms with Gasteiger partial charge in [0, 0.05) is 34.5 Å². The fraction of sp³-hybridized carbons (Fsp3) is 0.364. The average Bonchev–Trinajstić information content (AvgIpc) is 2.74. The number of urea groups is 2. The molecule has 0 radical (unpaired) electrons. The number of carbonyl (C=O) groups is 2. The molecule has 3 rings (SSSR count). The van der Waals surface area contributed by atoms with Gasteiger partial charge in [-0.15, -0.1) is 0 Å². The molecule has 2 aromatic carbocycles. The second kappa shape index (κ2) is 11.1. The van der Waals surface area contributed by atoms with Gasteiger partial charge in [0.15, 0.2) is 0 Å². The van der Waals surface area contributed by atoms with Crippen molar-refractivity contribution in [2.45, 2.75) is 25.7 Å². The highest BCUT2D eigenvalue weighted by Gasteiger charge is 2.23. The summed E-state index contributed by atoms with van der Waals surface area (Å²) >= 11 is 11.7. The molecule has 8 heteroatoms. The van der Waals surface area contributed by atoms with Crippen LogP contribution in [0.4, 0.5) is 21.0 Å². The largest absolute Gasteiger partial charge is 0.338 e. The van der Waals surface area contributed by atoms with E-state index >= 15 is 0 Å². The highest BCUT2D eigenvalue weighted by Crippen LogP contribution is 2.28. The van der Waals surface area contributed by atoms with Crippen molar-refractivity contribution < 1.29 is 9.59 Å². The van der Waals surface area contributed by atoms with Gasteiger partial charge in [-0.25, -0.2) is 9.59 Å². The lowest BCUT2D eigenvalue weighted by Gasteiger charge is -2.29. The first kappa shape index (κ1) is 22.2. The Hall–Kier alpha value is -2.44. The van der Waals surface area contributed by atoms with E-state index in [-0.39, 0.29) is 12.1 Å². The van der Waals surface area contributed by atoms with Gasteiger partial charge in [0.05, 0.1) is 0 Å². The lowest BCUT2D eigenvalue weighted by atomic mass is 9.81. The van der Waals surface area contributed by atoms with Gasteiger partial charge in [0.1, 0.15) is 0 Å². The van der Waals surface area contributed by atoms with Crippen molar-refractivity contribution in [3.63, 3.8) is 0 Å². The van der Waals surface area contributed by atoms with E-state index < -0.39 is 0 Å². The van der Waals surface area contributed by atoms with Crippen molar-refractivity contribution >= 4 is 46.6 Å². The maximum atomic E-state index is 12.1. The molecule has 2 aromatic rings. The van der Waals surface area contributed by atoms with Crippen molar-refractivity contribution in [2.24, 2.45) is 11.8 Å². The molecule has 1 aliphatic rings. The Balaban J connectivity index is 1.36. The molecule has 0 aliphatic heterocycles. The topological polar surface area (TPSA) is 82.3 Å². The molecule has 6 nitrogen and oxygen atoms in total. The van der Waals surface area contributed by atoms with Crippen LogP contribution in [0.5, 0.6) is 0 Å². The van der Waals surface area contributed by atoms with E-state index in [0.717, 1.165) is 25.7 Å². The van der Waals surface area contributed by atoms with Crippen molar-refractivity contribution in [3.8, 4) is 0 Å². The molecule has 160 valence electrons. The predicted molar refractivity (Wildman–Crippen MR) is 122 cm³/mol. The average molecular weight is 449 g/mol. The lowest BCUT2D eigenvalue weighted by Crippen LogP contribution is -2.38. The lowest BCUT2D eigenvalue weighted by molar-refractivity contribution is 0.230. The van der Waals surface area contributed by atoms with Crippen LogP contribution in [0.15, 0.2) is 48.5 Å². The SMILES string of the molecule is O=C(NC[C@H]1CCC[C@H](CNC(=O)Nc2ccc(Cl)cc2)C1)Nc1ccc(Cl)cc1. The van der Waals surface area contributed by atoms with Gasteiger partial charge in [-0.3, -0.25) is 0 Å². The Bertz CT molecular complexity index is 774. The highest BCUT2D eigenvalue weighted by molar-refractivity contribution is 6.30. The fourth-order valence-electron chi connectivity index (χ4n) is 3.66. The molecule has 0 saturated heterocycles. The van der Waals surface area contributed by atoms with Gasteiger partial charge in [-0.1, -0.05) is 29.6 Å². The minimum absolute atomic E-state index is 0.222. The Labute approximate surface area is 186 Å². The van der Waals surface area contributed by atoms with Crippen LogP contribution in [0, 0.1) is 11.8 Å². The maximum absolute atomic E-state index is 12.1. The Morgan fingerprint density at radius 1 is 0.733 bits per heavy atom. The quantitative estimate of drug-likeness (QED) is 0.453. The van der Waals surface area contributed by atoms with E-state index in [2.05, 4.69) is 21.3 Å². The van der Waals surface area contributed by atoms with Gasteiger partial charge < -0.3 is 21.3 Å². The summed E-state index contributed by atoms with van der Waals surface area (Å²) in [6, 6.07) is 13.5. The molecule has 1 fully saturated rings. The van der Waals surface area contributed by atoms with Crippen molar-refractivity contribution in [1.82, 2.24) is 10.6 Å². The molecule has 0 bridgehead atoms. The van der Waals surface area contributed by atoms with Crippen LogP contribution >= 0.6 is 23.2 Å². The second-order valence-corrected chi connectivity index (χ2v) is 8.46. The van der Waals surface area contributed by atoms with Crippen LogP contribution < -0.4 is 21.3 Å². The number of nitrogens with one attached hydrogen (secondary N) is 4. The zero-order valence-corrected chi connectivity index (χ0v) is 18.1. The Kier molecular flexibility index (Phi) is 8.22. The summed E-state index contributed by atoms with van der Waals surface area (Å²) in [5.74, 6) is 0.807. The third-order valence-corrected chi connectivity index (χ3v) is 5.70. The third-order valence-electron chi connectivity index (χ3n) is 5.20. The fourth-order valence-corrected chi connectivity index (χ4v) is 3.92. The number of anilines is 2. The number of hydrogen-bond donors (Lipinski definition) is 4. The normalized spacial score (nSPS) is 18.3. The highest BCUT2D eigenvalue weighted by atomic mass is 35.5. The van der Waals surface area contributed by atoms with Gasteiger partial charge in [-0.2, -0.15) is 0 Å². The number of rotatable bonds is 6. The first-order valence-corrected chi connectivity index (χ1v) is 10.8. The molecule has 1 saturated carbocycles. The van der Waals surface area contributed by atoms with Crippen molar-refractivity contribution in [2.75, 3.05) is 23.7 Å². The Morgan fingerprint density at radius 3 is 1.53 bits per heavy atom. The summed E-state index contributed by atoms with van der Waals surface area (Å²) in [7, 11) is 0. The Morgan fingerprint density at radius 2 is 1.13 bits per heavy atom. The van der Waals surface area contributed by atoms with E-state index in [1.54, 1.807) is 48.5 Å². The van der Waals surface area contributed by atoms with Gasteiger partial charge >= 0.3 is 12.1 Å². The van der Waals surface area contributed by atoms with Crippen LogP contribution in [0.3, 0.4) is 0 Å². The minimum atomic E-state index is -0.222. The number of amides is 4. The van der Waals surface area contributed by atoms with E-state index in [0.29, 0.717) is 46.3 Å². The summed E-state index contributed by atoms with van der Waals surface area (Å²) in [6.45, 7) is 1.24. The smallest absolute Gasteiger partial charge is 0.319 e. The van der Waals surface area contributed by atoms with E-state index in [1.165, 1.54) is 0 Å². The zero-order valence-electron chi connectivity index (χ0n) is 16.6. The number of hydrogen-bond acceptors (Lipinski definition) is 2. The van der Waals surface area contributed by atoms with Crippen molar-refractivity contribution in [1.29, 1.82) is 0 Å². The van der Waals surface area contributed by atoms with Crippen LogP contribution in [0.25, 0.3) is 0 Å². The standard InChI is InChI=1S/C22H26Cl2N4O2/c23-17-4-8-19(9-5-17)27-21(29)25-13-15-2-1-3-16(12-15)14-26-22(30)28-20-10-6-18(24)7-11-20/h4-11,15-16H,1-3,12-14H2,(H2,25,27,29)(H2,26,28,30)/t15-,16-/m0/s1. The zero-order chi connectivity index (χ0) is 21.3. The maximum Gasteiger partial charge on any atom is 0.319 e. The monoisotopic (exact) mass is 448 g/mol. The molecule has 1 aliphatic carbocycles. The van der Waals surface area contributed by atoms with Crippen LogP contribution in [-0.4, -0.2) is 25.2 Å². The van der Waals surface area contributed by atoms with Gasteiger partial charge in [0.2, 0.25) is 0 Å². The second-order valence-electron chi connectivity index (χ2n) is 7.58. The van der Waals surface area contributed by atoms with E-state index in [4.69, 9.17) is 23.2 Å². The third kappa shape index (κ3) is 7.43. The predicted octanol–water partition coefficient (Wildman–Crippen LogP) is 5.74. The summed E-state index contributed by atoms with van der Waals surface area (Å²) in [6.07, 6.45) is 4.22. The molecule has 0 aromatic heterocycles. The molecule has 0 heterocycles. The van der Waals surface area contributed by atoms with Crippen LogP contribution in [0.2, 0.25) is 10.0 Å². The van der Waals surface area contributed by atoms with Crippen LogP contribution in [-0.2, 0) is 0 Å². The number of carbonyl (C=O) groups excluding carboxylic acids is 2. The van der Waals surface area contributed by atoms with E-state index in [9.17, 15) is 9.59 Å². The first-order valence-electron chi connectivity index (χ1n) is 10.1. The molecule has 4 N–H and O–H groups in total.